The summed E-state index contributed by atoms with van der Waals surface area (Å²) in [5.41, 5.74) is 5.45. The summed E-state index contributed by atoms with van der Waals surface area (Å²) in [6.45, 7) is 10.5. The Morgan fingerprint density at radius 1 is 1.32 bits per heavy atom. The predicted octanol–water partition coefficient (Wildman–Crippen LogP) is 4.32. The van der Waals surface area contributed by atoms with E-state index in [1.54, 1.807) is 10.9 Å². The second kappa shape index (κ2) is 5.54. The van der Waals surface area contributed by atoms with Gasteiger partial charge in [-0.15, -0.1) is 11.3 Å². The molecular formula is C18H18N2OS. The first-order valence-electron chi connectivity index (χ1n) is 7.16. The fourth-order valence-corrected chi connectivity index (χ4v) is 3.40. The Labute approximate surface area is 133 Å². The van der Waals surface area contributed by atoms with E-state index in [1.165, 1.54) is 22.5 Å². The van der Waals surface area contributed by atoms with Crippen molar-refractivity contribution in [1.29, 1.82) is 0 Å². The maximum Gasteiger partial charge on any atom is 0.263 e. The monoisotopic (exact) mass is 310 g/mol. The maximum absolute atomic E-state index is 12.8. The molecule has 0 aliphatic rings. The van der Waals surface area contributed by atoms with Gasteiger partial charge in [-0.25, -0.2) is 4.98 Å². The van der Waals surface area contributed by atoms with Crippen LogP contribution in [0.1, 0.15) is 18.1 Å². The third-order valence-electron chi connectivity index (χ3n) is 3.82. The average Bonchev–Trinajstić information content (AvgIpc) is 2.89. The van der Waals surface area contributed by atoms with Gasteiger partial charge < -0.3 is 0 Å². The van der Waals surface area contributed by atoms with Gasteiger partial charge in [0.25, 0.3) is 5.56 Å². The molecule has 0 aliphatic heterocycles. The molecule has 0 unspecified atom stereocenters. The quantitative estimate of drug-likeness (QED) is 0.675. The number of benzene rings is 1. The lowest BCUT2D eigenvalue weighted by Crippen LogP contribution is -2.20. The molecule has 0 aliphatic carbocycles. The van der Waals surface area contributed by atoms with Crippen molar-refractivity contribution in [2.24, 2.45) is 0 Å². The Kier molecular flexibility index (Phi) is 3.71. The molecule has 0 radical (unpaired) electrons. The smallest absolute Gasteiger partial charge is 0.263 e. The number of allylic oxidation sites excluding steroid dienone is 1. The number of fused-ring (bicyclic) bond motifs is 1. The van der Waals surface area contributed by atoms with Gasteiger partial charge in [0.05, 0.1) is 11.7 Å². The van der Waals surface area contributed by atoms with Gasteiger partial charge in [0.15, 0.2) is 0 Å². The van der Waals surface area contributed by atoms with Crippen molar-refractivity contribution >= 4 is 21.6 Å². The zero-order valence-corrected chi connectivity index (χ0v) is 13.8. The van der Waals surface area contributed by atoms with Crippen molar-refractivity contribution in [3.8, 4) is 11.1 Å². The van der Waals surface area contributed by atoms with Crippen LogP contribution in [0.5, 0.6) is 0 Å². The van der Waals surface area contributed by atoms with Crippen LogP contribution in [0.15, 0.2) is 46.9 Å². The molecule has 0 N–H and O–H groups in total. The molecule has 4 heteroatoms. The summed E-state index contributed by atoms with van der Waals surface area (Å²) in [4.78, 5) is 18.0. The summed E-state index contributed by atoms with van der Waals surface area (Å²) < 4.78 is 1.63. The number of aryl methyl sites for hydroxylation is 2. The average molecular weight is 310 g/mol. The van der Waals surface area contributed by atoms with E-state index in [0.29, 0.717) is 11.9 Å². The minimum atomic E-state index is 0.00229. The zero-order valence-electron chi connectivity index (χ0n) is 13.0. The van der Waals surface area contributed by atoms with Crippen LogP contribution in [0.25, 0.3) is 21.3 Å². The van der Waals surface area contributed by atoms with Crippen molar-refractivity contribution in [2.45, 2.75) is 27.3 Å². The van der Waals surface area contributed by atoms with Crippen LogP contribution in [0.3, 0.4) is 0 Å². The minimum absolute atomic E-state index is 0.00229. The number of hydrogen-bond acceptors (Lipinski definition) is 3. The highest BCUT2D eigenvalue weighted by molar-refractivity contribution is 7.17. The molecule has 22 heavy (non-hydrogen) atoms. The molecule has 2 heterocycles. The Hall–Kier alpha value is -2.20. The highest BCUT2D eigenvalue weighted by Crippen LogP contribution is 2.31. The van der Waals surface area contributed by atoms with Crippen LogP contribution in [0.2, 0.25) is 0 Å². The number of thiophene rings is 1. The van der Waals surface area contributed by atoms with Gasteiger partial charge in [0, 0.05) is 17.5 Å². The standard InChI is InChI=1S/C18H18N2OS/c1-11(2)8-20-10-19-17-16(18(20)21)15(9-22-17)14-6-5-12(3)13(4)7-14/h5-7,9-10H,1,8H2,2-4H3. The molecule has 2 aromatic heterocycles. The van der Waals surface area contributed by atoms with Crippen LogP contribution in [0, 0.1) is 13.8 Å². The minimum Gasteiger partial charge on any atom is -0.295 e. The topological polar surface area (TPSA) is 34.9 Å². The van der Waals surface area contributed by atoms with Crippen molar-refractivity contribution in [3.63, 3.8) is 0 Å². The van der Waals surface area contributed by atoms with Crippen LogP contribution >= 0.6 is 11.3 Å². The Morgan fingerprint density at radius 3 is 2.77 bits per heavy atom. The fourth-order valence-electron chi connectivity index (χ4n) is 2.49. The van der Waals surface area contributed by atoms with Gasteiger partial charge in [-0.3, -0.25) is 9.36 Å². The molecule has 0 amide bonds. The van der Waals surface area contributed by atoms with Crippen LogP contribution in [-0.4, -0.2) is 9.55 Å². The molecule has 0 saturated carbocycles. The Balaban J connectivity index is 2.24. The lowest BCUT2D eigenvalue weighted by molar-refractivity contribution is 0.739. The van der Waals surface area contributed by atoms with E-state index in [2.05, 4.69) is 43.6 Å². The van der Waals surface area contributed by atoms with Gasteiger partial charge in [-0.1, -0.05) is 30.4 Å². The molecule has 3 rings (SSSR count). The zero-order chi connectivity index (χ0) is 15.9. The van der Waals surface area contributed by atoms with E-state index < -0.39 is 0 Å². The largest absolute Gasteiger partial charge is 0.295 e. The second-order valence-corrected chi connectivity index (χ2v) is 6.62. The van der Waals surface area contributed by atoms with E-state index in [0.717, 1.165) is 21.5 Å². The first kappa shape index (κ1) is 14.7. The van der Waals surface area contributed by atoms with Gasteiger partial charge >= 0.3 is 0 Å². The van der Waals surface area contributed by atoms with Crippen LogP contribution in [-0.2, 0) is 6.54 Å². The molecule has 0 bridgehead atoms. The number of rotatable bonds is 3. The van der Waals surface area contributed by atoms with Crippen molar-refractivity contribution < 1.29 is 0 Å². The van der Waals surface area contributed by atoms with Crippen molar-refractivity contribution in [1.82, 2.24) is 9.55 Å². The second-order valence-electron chi connectivity index (χ2n) is 5.76. The summed E-state index contributed by atoms with van der Waals surface area (Å²) in [7, 11) is 0. The SMILES string of the molecule is C=C(C)Cn1cnc2scc(-c3ccc(C)c(C)c3)c2c1=O. The molecule has 0 atom stereocenters. The molecular weight excluding hydrogens is 292 g/mol. The van der Waals surface area contributed by atoms with Gasteiger partial charge in [-0.05, 0) is 37.5 Å². The number of aromatic nitrogens is 2. The first-order valence-corrected chi connectivity index (χ1v) is 8.04. The summed E-state index contributed by atoms with van der Waals surface area (Å²) >= 11 is 1.51. The lowest BCUT2D eigenvalue weighted by Gasteiger charge is -2.07. The van der Waals surface area contributed by atoms with E-state index in [4.69, 9.17) is 0 Å². The third-order valence-corrected chi connectivity index (χ3v) is 4.71. The Bertz CT molecular complexity index is 934. The molecule has 1 aromatic carbocycles. The van der Waals surface area contributed by atoms with Crippen LogP contribution < -0.4 is 5.56 Å². The van der Waals surface area contributed by atoms with Gasteiger partial charge in [-0.2, -0.15) is 0 Å². The summed E-state index contributed by atoms with van der Waals surface area (Å²) in [5, 5.41) is 2.73. The lowest BCUT2D eigenvalue weighted by atomic mass is 10.0. The third kappa shape index (κ3) is 2.50. The molecule has 0 spiro atoms. The van der Waals surface area contributed by atoms with E-state index in [1.807, 2.05) is 12.3 Å². The molecule has 0 fully saturated rings. The molecule has 3 aromatic rings. The maximum atomic E-state index is 12.8. The predicted molar refractivity (Wildman–Crippen MR) is 93.6 cm³/mol. The molecule has 3 nitrogen and oxygen atoms in total. The van der Waals surface area contributed by atoms with E-state index in [9.17, 15) is 4.79 Å². The summed E-state index contributed by atoms with van der Waals surface area (Å²) in [5.74, 6) is 0. The summed E-state index contributed by atoms with van der Waals surface area (Å²) in [6.07, 6.45) is 1.61. The van der Waals surface area contributed by atoms with Gasteiger partial charge in [0.2, 0.25) is 0 Å². The molecule has 112 valence electrons. The van der Waals surface area contributed by atoms with E-state index >= 15 is 0 Å². The molecule has 0 saturated heterocycles. The Morgan fingerprint density at radius 2 is 2.09 bits per heavy atom. The normalized spacial score (nSPS) is 11.0. The first-order chi connectivity index (χ1) is 10.5. The van der Waals surface area contributed by atoms with Crippen molar-refractivity contribution in [3.05, 3.63) is 63.5 Å². The highest BCUT2D eigenvalue weighted by atomic mass is 32.1. The number of hydrogen-bond donors (Lipinski definition) is 0. The summed E-state index contributed by atoms with van der Waals surface area (Å²) in [6, 6.07) is 6.29. The van der Waals surface area contributed by atoms with E-state index in [-0.39, 0.29) is 5.56 Å². The van der Waals surface area contributed by atoms with Crippen molar-refractivity contribution in [2.75, 3.05) is 0 Å². The fraction of sp³-hybridized carbons (Fsp3) is 0.222. The highest BCUT2D eigenvalue weighted by Gasteiger charge is 2.13. The number of nitrogens with zero attached hydrogens (tertiary/aromatic N) is 2. The van der Waals surface area contributed by atoms with Gasteiger partial charge in [0.1, 0.15) is 4.83 Å². The van der Waals surface area contributed by atoms with Crippen LogP contribution in [0.4, 0.5) is 0 Å².